The van der Waals surface area contributed by atoms with Crippen LogP contribution in [-0.4, -0.2) is 6.29 Å². The first-order valence-electron chi connectivity index (χ1n) is 5.29. The van der Waals surface area contributed by atoms with Crippen molar-refractivity contribution < 1.29 is 13.9 Å². The molecule has 0 radical (unpaired) electrons. The maximum Gasteiger partial charge on any atom is 0.173 e. The number of halogens is 2. The van der Waals surface area contributed by atoms with Crippen molar-refractivity contribution in [2.75, 3.05) is 0 Å². The van der Waals surface area contributed by atoms with Crippen LogP contribution in [0.4, 0.5) is 4.39 Å². The fourth-order valence-electron chi connectivity index (χ4n) is 1.52. The zero-order chi connectivity index (χ0) is 13.1. The molecule has 0 aliphatic rings. The monoisotopic (exact) mass is 264 g/mol. The number of aryl methyl sites for hydroxylation is 1. The predicted molar refractivity (Wildman–Crippen MR) is 68.1 cm³/mol. The molecule has 4 heteroatoms. The van der Waals surface area contributed by atoms with Crippen molar-refractivity contribution in [1.29, 1.82) is 0 Å². The highest BCUT2D eigenvalue weighted by atomic mass is 35.5. The molecule has 0 heterocycles. The van der Waals surface area contributed by atoms with Gasteiger partial charge in [-0.15, -0.1) is 0 Å². The second kappa shape index (κ2) is 5.19. The molecule has 2 nitrogen and oxygen atoms in total. The summed E-state index contributed by atoms with van der Waals surface area (Å²) in [6.07, 6.45) is 0.544. The number of hydrogen-bond donors (Lipinski definition) is 0. The molecule has 0 unspecified atom stereocenters. The van der Waals surface area contributed by atoms with E-state index in [9.17, 15) is 9.18 Å². The van der Waals surface area contributed by atoms with Crippen LogP contribution in [-0.2, 0) is 0 Å². The maximum absolute atomic E-state index is 13.6. The van der Waals surface area contributed by atoms with Crippen LogP contribution in [0.25, 0.3) is 0 Å². The summed E-state index contributed by atoms with van der Waals surface area (Å²) in [5.74, 6) is -0.387. The molecule has 0 saturated carbocycles. The molecule has 2 aromatic carbocycles. The van der Waals surface area contributed by atoms with E-state index < -0.39 is 5.82 Å². The number of carbonyl (C=O) groups is 1. The van der Waals surface area contributed by atoms with Gasteiger partial charge < -0.3 is 4.74 Å². The average Bonchev–Trinajstić information content (AvgIpc) is 2.36. The van der Waals surface area contributed by atoms with Crippen molar-refractivity contribution in [2.24, 2.45) is 0 Å². The normalized spacial score (nSPS) is 10.2. The second-order valence-corrected chi connectivity index (χ2v) is 4.22. The van der Waals surface area contributed by atoms with E-state index in [-0.39, 0.29) is 11.3 Å². The van der Waals surface area contributed by atoms with E-state index in [0.29, 0.717) is 17.1 Å². The van der Waals surface area contributed by atoms with Crippen molar-refractivity contribution in [3.05, 3.63) is 58.4 Å². The van der Waals surface area contributed by atoms with Gasteiger partial charge in [-0.25, -0.2) is 4.39 Å². The Balaban J connectivity index is 2.45. The van der Waals surface area contributed by atoms with E-state index in [1.54, 1.807) is 12.1 Å². The summed E-state index contributed by atoms with van der Waals surface area (Å²) < 4.78 is 19.0. The topological polar surface area (TPSA) is 26.3 Å². The highest BCUT2D eigenvalue weighted by Crippen LogP contribution is 2.33. The lowest BCUT2D eigenvalue weighted by Gasteiger charge is -2.10. The third-order valence-corrected chi connectivity index (χ3v) is 2.74. The Labute approximate surface area is 109 Å². The van der Waals surface area contributed by atoms with Crippen molar-refractivity contribution in [3.8, 4) is 11.5 Å². The molecule has 0 bridgehead atoms. The molecule has 2 aromatic rings. The van der Waals surface area contributed by atoms with Gasteiger partial charge in [-0.1, -0.05) is 23.7 Å². The summed E-state index contributed by atoms with van der Waals surface area (Å²) in [6.45, 7) is 1.87. The van der Waals surface area contributed by atoms with E-state index in [1.165, 1.54) is 18.2 Å². The van der Waals surface area contributed by atoms with Crippen LogP contribution in [0.5, 0.6) is 11.5 Å². The standard InChI is InChI=1S/C14H10ClFO2/c1-9-5-6-11(15)13(7-9)18-14-10(8-17)3-2-4-12(14)16/h2-8H,1H3. The van der Waals surface area contributed by atoms with Crippen LogP contribution in [0.15, 0.2) is 36.4 Å². The Hall–Kier alpha value is -1.87. The van der Waals surface area contributed by atoms with Crippen LogP contribution in [0.3, 0.4) is 0 Å². The lowest BCUT2D eigenvalue weighted by Crippen LogP contribution is -1.94. The van der Waals surface area contributed by atoms with Gasteiger partial charge in [0, 0.05) is 0 Å². The second-order valence-electron chi connectivity index (χ2n) is 3.81. The largest absolute Gasteiger partial charge is 0.452 e. The first-order chi connectivity index (χ1) is 8.61. The molecular weight excluding hydrogens is 255 g/mol. The van der Waals surface area contributed by atoms with Gasteiger partial charge in [-0.3, -0.25) is 4.79 Å². The molecule has 0 aliphatic heterocycles. The van der Waals surface area contributed by atoms with E-state index in [0.717, 1.165) is 5.56 Å². The summed E-state index contributed by atoms with van der Waals surface area (Å²) in [7, 11) is 0. The summed E-state index contributed by atoms with van der Waals surface area (Å²) >= 11 is 5.96. The van der Waals surface area contributed by atoms with Gasteiger partial charge in [0.2, 0.25) is 0 Å². The molecule has 0 saturated heterocycles. The number of aldehydes is 1. The van der Waals surface area contributed by atoms with E-state index in [2.05, 4.69) is 0 Å². The Morgan fingerprint density at radius 2 is 2.06 bits per heavy atom. The van der Waals surface area contributed by atoms with Crippen LogP contribution in [0.2, 0.25) is 5.02 Å². The predicted octanol–water partition coefficient (Wildman–Crippen LogP) is 4.39. The first-order valence-corrected chi connectivity index (χ1v) is 5.67. The van der Waals surface area contributed by atoms with Crippen LogP contribution < -0.4 is 4.74 Å². The molecule has 0 fully saturated rings. The Morgan fingerprint density at radius 1 is 1.28 bits per heavy atom. The van der Waals surface area contributed by atoms with Gasteiger partial charge in [-0.05, 0) is 36.8 Å². The van der Waals surface area contributed by atoms with Gasteiger partial charge in [0.05, 0.1) is 10.6 Å². The van der Waals surface area contributed by atoms with Gasteiger partial charge in [0.1, 0.15) is 5.75 Å². The highest BCUT2D eigenvalue weighted by Gasteiger charge is 2.12. The number of benzene rings is 2. The quantitative estimate of drug-likeness (QED) is 0.769. The minimum absolute atomic E-state index is 0.111. The maximum atomic E-state index is 13.6. The van der Waals surface area contributed by atoms with Crippen molar-refractivity contribution >= 4 is 17.9 Å². The zero-order valence-electron chi connectivity index (χ0n) is 9.61. The van der Waals surface area contributed by atoms with Gasteiger partial charge >= 0.3 is 0 Å². The average molecular weight is 265 g/mol. The van der Waals surface area contributed by atoms with Crippen molar-refractivity contribution in [2.45, 2.75) is 6.92 Å². The van der Waals surface area contributed by atoms with E-state index in [4.69, 9.17) is 16.3 Å². The van der Waals surface area contributed by atoms with Crippen LogP contribution in [0, 0.1) is 12.7 Å². The van der Waals surface area contributed by atoms with Crippen molar-refractivity contribution in [1.82, 2.24) is 0 Å². The lowest BCUT2D eigenvalue weighted by atomic mass is 10.2. The van der Waals surface area contributed by atoms with Crippen LogP contribution >= 0.6 is 11.6 Å². The minimum Gasteiger partial charge on any atom is -0.452 e. The lowest BCUT2D eigenvalue weighted by molar-refractivity contribution is 0.112. The number of hydrogen-bond acceptors (Lipinski definition) is 2. The molecule has 0 N–H and O–H groups in total. The Kier molecular flexibility index (Phi) is 3.63. The molecule has 0 aromatic heterocycles. The third-order valence-electron chi connectivity index (χ3n) is 2.42. The van der Waals surface area contributed by atoms with E-state index >= 15 is 0 Å². The van der Waals surface area contributed by atoms with Crippen LogP contribution in [0.1, 0.15) is 15.9 Å². The van der Waals surface area contributed by atoms with Gasteiger partial charge in [0.25, 0.3) is 0 Å². The SMILES string of the molecule is Cc1ccc(Cl)c(Oc2c(F)cccc2C=O)c1. The summed E-state index contributed by atoms with van der Waals surface area (Å²) in [4.78, 5) is 10.8. The molecule has 2 rings (SSSR count). The number of carbonyl (C=O) groups excluding carboxylic acids is 1. The van der Waals surface area contributed by atoms with Gasteiger partial charge in [-0.2, -0.15) is 0 Å². The molecule has 0 atom stereocenters. The third kappa shape index (κ3) is 2.51. The van der Waals surface area contributed by atoms with Crippen molar-refractivity contribution in [3.63, 3.8) is 0 Å². The molecular formula is C14H10ClFO2. The summed E-state index contributed by atoms with van der Waals surface area (Å²) in [5, 5.41) is 0.362. The Morgan fingerprint density at radius 3 is 2.78 bits per heavy atom. The molecule has 18 heavy (non-hydrogen) atoms. The number of rotatable bonds is 3. The highest BCUT2D eigenvalue weighted by molar-refractivity contribution is 6.32. The van der Waals surface area contributed by atoms with E-state index in [1.807, 2.05) is 13.0 Å². The smallest absolute Gasteiger partial charge is 0.173 e. The number of ether oxygens (including phenoxy) is 1. The molecule has 0 amide bonds. The molecule has 0 aliphatic carbocycles. The number of para-hydroxylation sites is 1. The summed E-state index contributed by atoms with van der Waals surface area (Å²) in [6, 6.07) is 9.32. The summed E-state index contributed by atoms with van der Waals surface area (Å²) in [5.41, 5.74) is 1.07. The van der Waals surface area contributed by atoms with Gasteiger partial charge in [0.15, 0.2) is 17.9 Å². The fraction of sp³-hybridized carbons (Fsp3) is 0.0714. The molecule has 92 valence electrons. The fourth-order valence-corrected chi connectivity index (χ4v) is 1.68. The zero-order valence-corrected chi connectivity index (χ0v) is 10.4. The molecule has 0 spiro atoms. The minimum atomic E-state index is -0.600. The first kappa shape index (κ1) is 12.6. The Bertz CT molecular complexity index is 596.